The molecule has 0 saturated carbocycles. The van der Waals surface area contributed by atoms with Gasteiger partial charge in [0.2, 0.25) is 0 Å². The molecule has 1 aliphatic rings. The minimum Gasteiger partial charge on any atom is -0.369 e. The molecule has 0 aromatic carbocycles. The number of alkyl halides is 1. The molecular weight excluding hydrogens is 317 g/mol. The molecule has 0 saturated heterocycles. The average molecular weight is 333 g/mol. The molecule has 0 unspecified atom stereocenters. The van der Waals surface area contributed by atoms with Crippen LogP contribution in [0.25, 0.3) is 20.5 Å². The largest absolute Gasteiger partial charge is 0.369 e. The van der Waals surface area contributed by atoms with E-state index in [1.54, 1.807) is 12.4 Å². The molecule has 4 rings (SSSR count). The van der Waals surface area contributed by atoms with Crippen molar-refractivity contribution in [3.63, 3.8) is 0 Å². The number of thiophene rings is 1. The van der Waals surface area contributed by atoms with Gasteiger partial charge in [-0.15, -0.1) is 11.3 Å². The van der Waals surface area contributed by atoms with Crippen LogP contribution in [0.1, 0.15) is 24.1 Å². The second-order valence-electron chi connectivity index (χ2n) is 5.83. The van der Waals surface area contributed by atoms with E-state index in [0.717, 1.165) is 34.2 Å². The van der Waals surface area contributed by atoms with Crippen LogP contribution in [0.5, 0.6) is 0 Å². The van der Waals surface area contributed by atoms with Crippen molar-refractivity contribution in [3.05, 3.63) is 40.1 Å². The van der Waals surface area contributed by atoms with Crippen LogP contribution in [-0.4, -0.2) is 29.0 Å². The first kappa shape index (κ1) is 14.6. The van der Waals surface area contributed by atoms with Crippen molar-refractivity contribution in [2.24, 2.45) is 0 Å². The van der Waals surface area contributed by atoms with Crippen molar-refractivity contribution in [3.8, 4) is 10.4 Å². The summed E-state index contributed by atoms with van der Waals surface area (Å²) in [6.07, 6.45) is 5.75. The van der Waals surface area contributed by atoms with Gasteiger partial charge >= 0.3 is 0 Å². The number of hydrogen-bond acceptors (Lipinski definition) is 4. The molecule has 2 N–H and O–H groups in total. The van der Waals surface area contributed by atoms with Gasteiger partial charge in [0.15, 0.2) is 0 Å². The molecule has 3 aromatic rings. The highest BCUT2D eigenvalue weighted by atomic mass is 32.1. The normalized spacial score (nSPS) is 20.8. The Labute approximate surface area is 135 Å². The minimum absolute atomic E-state index is 0.185. The van der Waals surface area contributed by atoms with Gasteiger partial charge in [-0.05, 0) is 30.9 Å². The zero-order valence-electron chi connectivity index (χ0n) is 12.6. The number of ether oxygens (including phenoxy) is 1. The number of rotatable bonds is 3. The quantitative estimate of drug-likeness (QED) is 0.773. The first-order valence-corrected chi connectivity index (χ1v) is 8.29. The van der Waals surface area contributed by atoms with E-state index < -0.39 is 12.3 Å². The number of nitrogens with zero attached hydrogens (tertiary/aromatic N) is 1. The summed E-state index contributed by atoms with van der Waals surface area (Å²) in [7, 11) is 1.50. The van der Waals surface area contributed by atoms with Crippen molar-refractivity contribution in [1.82, 2.24) is 15.2 Å². The minimum atomic E-state index is -1.03. The van der Waals surface area contributed by atoms with Crippen LogP contribution in [0.15, 0.2) is 23.3 Å². The summed E-state index contributed by atoms with van der Waals surface area (Å²) >= 11 is 1.43. The summed E-state index contributed by atoms with van der Waals surface area (Å²) in [6, 6.07) is 2.00. The van der Waals surface area contributed by atoms with Gasteiger partial charge in [0, 0.05) is 29.1 Å². The van der Waals surface area contributed by atoms with Crippen LogP contribution in [0, 0.1) is 0 Å². The van der Waals surface area contributed by atoms with Gasteiger partial charge in [-0.1, -0.05) is 0 Å². The number of H-pyrrole nitrogens is 2. The molecule has 0 fully saturated rings. The third-order valence-electron chi connectivity index (χ3n) is 4.66. The number of halogens is 1. The lowest BCUT2D eigenvalue weighted by atomic mass is 9.82. The molecule has 0 amide bonds. The molecule has 23 heavy (non-hydrogen) atoms. The number of aromatic amines is 2. The molecule has 1 atom stereocenters. The molecular formula is C16H16FN3O2S. The van der Waals surface area contributed by atoms with E-state index >= 15 is 0 Å². The standard InChI is InChI=1S/C16H16FN3O2S/c1-22-16(8-17)4-2-3-10-11-5-12(9-6-18-19-7-9)23-13(11)15(21)20-14(10)16/h5-7H,2-4,8H2,1H3,(H,18,19)(H,20,21)/t16-/m1/s1. The molecule has 0 radical (unpaired) electrons. The molecule has 0 aliphatic heterocycles. The first-order valence-electron chi connectivity index (χ1n) is 7.48. The summed E-state index contributed by atoms with van der Waals surface area (Å²) in [6.45, 7) is -0.642. The second-order valence-corrected chi connectivity index (χ2v) is 6.89. The number of pyridine rings is 1. The summed E-state index contributed by atoms with van der Waals surface area (Å²) in [4.78, 5) is 16.4. The molecule has 120 valence electrons. The summed E-state index contributed by atoms with van der Waals surface area (Å²) in [5, 5.41) is 7.64. The number of fused-ring (bicyclic) bond motifs is 3. The van der Waals surface area contributed by atoms with Crippen LogP contribution in [-0.2, 0) is 16.8 Å². The lowest BCUT2D eigenvalue weighted by Crippen LogP contribution is -2.38. The van der Waals surface area contributed by atoms with E-state index in [-0.39, 0.29) is 5.56 Å². The van der Waals surface area contributed by atoms with Crippen LogP contribution < -0.4 is 5.56 Å². The zero-order chi connectivity index (χ0) is 16.0. The smallest absolute Gasteiger partial charge is 0.266 e. The molecule has 1 aliphatic carbocycles. The van der Waals surface area contributed by atoms with Crippen LogP contribution >= 0.6 is 11.3 Å². The predicted molar refractivity (Wildman–Crippen MR) is 87.6 cm³/mol. The maximum atomic E-state index is 13.7. The van der Waals surface area contributed by atoms with Crippen LogP contribution in [0.4, 0.5) is 4.39 Å². The number of nitrogens with one attached hydrogen (secondary N) is 2. The Morgan fingerprint density at radius 1 is 1.52 bits per heavy atom. The van der Waals surface area contributed by atoms with Gasteiger partial charge in [0.1, 0.15) is 17.0 Å². The van der Waals surface area contributed by atoms with Crippen molar-refractivity contribution >= 4 is 21.4 Å². The Morgan fingerprint density at radius 2 is 2.39 bits per heavy atom. The predicted octanol–water partition coefficient (Wildman–Crippen LogP) is 3.13. The molecule has 0 spiro atoms. The lowest BCUT2D eigenvalue weighted by Gasteiger charge is -2.35. The van der Waals surface area contributed by atoms with Crippen molar-refractivity contribution in [2.75, 3.05) is 13.8 Å². The fourth-order valence-electron chi connectivity index (χ4n) is 3.41. The molecule has 7 heteroatoms. The van der Waals surface area contributed by atoms with Gasteiger partial charge in [-0.2, -0.15) is 5.10 Å². The Morgan fingerprint density at radius 3 is 3.09 bits per heavy atom. The number of hydrogen-bond donors (Lipinski definition) is 2. The highest BCUT2D eigenvalue weighted by molar-refractivity contribution is 7.22. The van der Waals surface area contributed by atoms with Gasteiger partial charge in [0.25, 0.3) is 5.56 Å². The van der Waals surface area contributed by atoms with Gasteiger partial charge in [0.05, 0.1) is 11.9 Å². The monoisotopic (exact) mass is 333 g/mol. The summed E-state index contributed by atoms with van der Waals surface area (Å²) in [5.41, 5.74) is 1.33. The van der Waals surface area contributed by atoms with Crippen LogP contribution in [0.3, 0.4) is 0 Å². The van der Waals surface area contributed by atoms with E-state index in [0.29, 0.717) is 16.8 Å². The Kier molecular flexibility index (Phi) is 3.35. The second kappa shape index (κ2) is 5.28. The maximum Gasteiger partial charge on any atom is 0.266 e. The van der Waals surface area contributed by atoms with E-state index in [1.165, 1.54) is 18.4 Å². The number of aryl methyl sites for hydroxylation is 1. The van der Waals surface area contributed by atoms with Crippen LogP contribution in [0.2, 0.25) is 0 Å². The molecule has 3 heterocycles. The van der Waals surface area contributed by atoms with E-state index in [9.17, 15) is 9.18 Å². The highest BCUT2D eigenvalue weighted by Crippen LogP contribution is 2.42. The summed E-state index contributed by atoms with van der Waals surface area (Å²) in [5.74, 6) is 0. The lowest BCUT2D eigenvalue weighted by molar-refractivity contribution is -0.0505. The highest BCUT2D eigenvalue weighted by Gasteiger charge is 2.39. The van der Waals surface area contributed by atoms with Crippen molar-refractivity contribution in [2.45, 2.75) is 24.9 Å². The van der Waals surface area contributed by atoms with Crippen molar-refractivity contribution < 1.29 is 9.13 Å². The summed E-state index contributed by atoms with van der Waals surface area (Å²) < 4.78 is 19.9. The molecule has 5 nitrogen and oxygen atoms in total. The average Bonchev–Trinajstić information content (AvgIpc) is 3.24. The van der Waals surface area contributed by atoms with Gasteiger partial charge < -0.3 is 9.72 Å². The first-order chi connectivity index (χ1) is 11.2. The van der Waals surface area contributed by atoms with E-state index in [1.807, 2.05) is 6.07 Å². The molecule has 0 bridgehead atoms. The number of aromatic nitrogens is 3. The topological polar surface area (TPSA) is 70.8 Å². The van der Waals surface area contributed by atoms with Gasteiger partial charge in [-0.3, -0.25) is 9.89 Å². The Hall–Kier alpha value is -1.99. The van der Waals surface area contributed by atoms with E-state index in [2.05, 4.69) is 15.2 Å². The molecule has 3 aromatic heterocycles. The van der Waals surface area contributed by atoms with Gasteiger partial charge in [-0.25, -0.2) is 4.39 Å². The van der Waals surface area contributed by atoms with Crippen molar-refractivity contribution in [1.29, 1.82) is 0 Å². The zero-order valence-corrected chi connectivity index (χ0v) is 13.4. The number of methoxy groups -OCH3 is 1. The Balaban J connectivity index is 2.00. The maximum absolute atomic E-state index is 13.7. The Bertz CT molecular complexity index is 909. The fourth-order valence-corrected chi connectivity index (χ4v) is 4.47. The third-order valence-corrected chi connectivity index (χ3v) is 5.84. The van der Waals surface area contributed by atoms with E-state index in [4.69, 9.17) is 4.74 Å². The third kappa shape index (κ3) is 2.07. The SMILES string of the molecule is CO[C@@]1(CF)CCCc2c1[nH]c(=O)c1sc(-c3cn[nH]c3)cc21. The fraction of sp³-hybridized carbons (Fsp3) is 0.375.